The molecule has 1 aliphatic heterocycles. The quantitative estimate of drug-likeness (QED) is 0.775. The van der Waals surface area contributed by atoms with Crippen molar-refractivity contribution in [3.05, 3.63) is 35.4 Å². The second-order valence-electron chi connectivity index (χ2n) is 4.94. The molecule has 0 bridgehead atoms. The Morgan fingerprint density at radius 1 is 1.11 bits per heavy atom. The van der Waals surface area contributed by atoms with Gasteiger partial charge in [0.05, 0.1) is 0 Å². The van der Waals surface area contributed by atoms with Crippen LogP contribution in [0.4, 0.5) is 0 Å². The Morgan fingerprint density at radius 2 is 1.78 bits per heavy atom. The van der Waals surface area contributed by atoms with Gasteiger partial charge in [0.25, 0.3) is 0 Å². The van der Waals surface area contributed by atoms with Gasteiger partial charge in [-0.25, -0.2) is 0 Å². The van der Waals surface area contributed by atoms with E-state index in [1.165, 1.54) is 11.1 Å². The molecule has 100 valence electrons. The minimum absolute atomic E-state index is 0.850. The molecule has 0 spiro atoms. The first-order valence-corrected chi connectivity index (χ1v) is 6.88. The fraction of sp³-hybridized carbons (Fsp3) is 0.600. The van der Waals surface area contributed by atoms with E-state index in [1.54, 1.807) is 7.11 Å². The standard InChI is InChI=1S/C15H24N2O/c1-18-12-2-3-14-4-6-15(7-5-14)13-17-10-8-16-9-11-17/h4-7,16H,2-3,8-13H2,1H3. The van der Waals surface area contributed by atoms with E-state index in [2.05, 4.69) is 34.5 Å². The van der Waals surface area contributed by atoms with Gasteiger partial charge in [-0.3, -0.25) is 4.90 Å². The Balaban J connectivity index is 1.79. The van der Waals surface area contributed by atoms with Gasteiger partial charge >= 0.3 is 0 Å². The highest BCUT2D eigenvalue weighted by atomic mass is 16.5. The van der Waals surface area contributed by atoms with Crippen LogP contribution in [0, 0.1) is 0 Å². The molecule has 1 aliphatic rings. The minimum Gasteiger partial charge on any atom is -0.385 e. The van der Waals surface area contributed by atoms with Crippen LogP contribution < -0.4 is 5.32 Å². The van der Waals surface area contributed by atoms with Gasteiger partial charge in [-0.15, -0.1) is 0 Å². The summed E-state index contributed by atoms with van der Waals surface area (Å²) >= 11 is 0. The van der Waals surface area contributed by atoms with Crippen molar-refractivity contribution >= 4 is 0 Å². The summed E-state index contributed by atoms with van der Waals surface area (Å²) in [6, 6.07) is 9.05. The maximum Gasteiger partial charge on any atom is 0.0465 e. The maximum atomic E-state index is 5.08. The van der Waals surface area contributed by atoms with E-state index < -0.39 is 0 Å². The van der Waals surface area contributed by atoms with Crippen molar-refractivity contribution in [2.45, 2.75) is 19.4 Å². The molecular formula is C15H24N2O. The molecule has 0 atom stereocenters. The van der Waals surface area contributed by atoms with E-state index in [-0.39, 0.29) is 0 Å². The molecule has 0 aromatic heterocycles. The van der Waals surface area contributed by atoms with Crippen LogP contribution in [-0.4, -0.2) is 44.8 Å². The maximum absolute atomic E-state index is 5.08. The average molecular weight is 248 g/mol. The number of ether oxygens (including phenoxy) is 1. The van der Waals surface area contributed by atoms with Crippen LogP contribution in [-0.2, 0) is 17.7 Å². The first kappa shape index (κ1) is 13.5. The van der Waals surface area contributed by atoms with Gasteiger partial charge in [0.1, 0.15) is 0 Å². The fourth-order valence-electron chi connectivity index (χ4n) is 2.36. The summed E-state index contributed by atoms with van der Waals surface area (Å²) in [4.78, 5) is 2.51. The molecule has 1 N–H and O–H groups in total. The molecule has 1 heterocycles. The monoisotopic (exact) mass is 248 g/mol. The summed E-state index contributed by atoms with van der Waals surface area (Å²) in [5.41, 5.74) is 2.84. The smallest absolute Gasteiger partial charge is 0.0465 e. The third-order valence-electron chi connectivity index (χ3n) is 3.45. The topological polar surface area (TPSA) is 24.5 Å². The van der Waals surface area contributed by atoms with Gasteiger partial charge in [-0.2, -0.15) is 0 Å². The zero-order chi connectivity index (χ0) is 12.6. The van der Waals surface area contributed by atoms with Crippen LogP contribution in [0.2, 0.25) is 0 Å². The van der Waals surface area contributed by atoms with E-state index >= 15 is 0 Å². The zero-order valence-electron chi connectivity index (χ0n) is 11.3. The highest BCUT2D eigenvalue weighted by molar-refractivity contribution is 5.22. The number of benzene rings is 1. The Kier molecular flexibility index (Phi) is 5.65. The molecule has 0 amide bonds. The number of piperazine rings is 1. The molecule has 0 saturated carbocycles. The second-order valence-corrected chi connectivity index (χ2v) is 4.94. The van der Waals surface area contributed by atoms with Crippen LogP contribution >= 0.6 is 0 Å². The van der Waals surface area contributed by atoms with Gasteiger partial charge in [-0.05, 0) is 24.0 Å². The summed E-state index contributed by atoms with van der Waals surface area (Å²) in [6.07, 6.45) is 2.22. The van der Waals surface area contributed by atoms with Gasteiger partial charge in [0.15, 0.2) is 0 Å². The number of aryl methyl sites for hydroxylation is 1. The van der Waals surface area contributed by atoms with Crippen molar-refractivity contribution in [2.24, 2.45) is 0 Å². The van der Waals surface area contributed by atoms with E-state index in [0.29, 0.717) is 0 Å². The third kappa shape index (κ3) is 4.41. The lowest BCUT2D eigenvalue weighted by atomic mass is 10.1. The third-order valence-corrected chi connectivity index (χ3v) is 3.45. The van der Waals surface area contributed by atoms with Crippen LogP contribution in [0.15, 0.2) is 24.3 Å². The number of hydrogen-bond donors (Lipinski definition) is 1. The molecule has 3 heteroatoms. The lowest BCUT2D eigenvalue weighted by Crippen LogP contribution is -2.42. The summed E-state index contributed by atoms with van der Waals surface area (Å²) in [5, 5.41) is 3.38. The molecule has 2 rings (SSSR count). The lowest BCUT2D eigenvalue weighted by molar-refractivity contribution is 0.195. The Labute approximate surface area is 110 Å². The fourth-order valence-corrected chi connectivity index (χ4v) is 2.36. The first-order valence-electron chi connectivity index (χ1n) is 6.88. The number of hydrogen-bond acceptors (Lipinski definition) is 3. The van der Waals surface area contributed by atoms with E-state index in [0.717, 1.165) is 52.2 Å². The second kappa shape index (κ2) is 7.52. The lowest BCUT2D eigenvalue weighted by Gasteiger charge is -2.27. The van der Waals surface area contributed by atoms with Gasteiger partial charge in [-0.1, -0.05) is 24.3 Å². The zero-order valence-corrected chi connectivity index (χ0v) is 11.3. The van der Waals surface area contributed by atoms with E-state index in [1.807, 2.05) is 0 Å². The van der Waals surface area contributed by atoms with Crippen LogP contribution in [0.3, 0.4) is 0 Å². The molecule has 1 fully saturated rings. The molecule has 1 aromatic carbocycles. The van der Waals surface area contributed by atoms with Gasteiger partial charge < -0.3 is 10.1 Å². The number of rotatable bonds is 6. The molecule has 0 aliphatic carbocycles. The predicted molar refractivity (Wildman–Crippen MR) is 74.8 cm³/mol. The Hall–Kier alpha value is -0.900. The van der Waals surface area contributed by atoms with Crippen LogP contribution in [0.1, 0.15) is 17.5 Å². The highest BCUT2D eigenvalue weighted by Gasteiger charge is 2.09. The average Bonchev–Trinajstić information content (AvgIpc) is 2.42. The van der Waals surface area contributed by atoms with Gasteiger partial charge in [0, 0.05) is 46.4 Å². The Bertz CT molecular complexity index is 331. The highest BCUT2D eigenvalue weighted by Crippen LogP contribution is 2.09. The molecule has 0 radical (unpaired) electrons. The molecule has 18 heavy (non-hydrogen) atoms. The van der Waals surface area contributed by atoms with Crippen LogP contribution in [0.25, 0.3) is 0 Å². The SMILES string of the molecule is COCCCc1ccc(CN2CCNCC2)cc1. The normalized spacial score (nSPS) is 16.9. The minimum atomic E-state index is 0.850. The van der Waals surface area contributed by atoms with E-state index in [9.17, 15) is 0 Å². The number of nitrogens with one attached hydrogen (secondary N) is 1. The van der Waals surface area contributed by atoms with Crippen molar-refractivity contribution in [1.82, 2.24) is 10.2 Å². The van der Waals surface area contributed by atoms with Crippen molar-refractivity contribution in [1.29, 1.82) is 0 Å². The molecule has 1 aromatic rings. The van der Waals surface area contributed by atoms with Crippen molar-refractivity contribution in [3.8, 4) is 0 Å². The van der Waals surface area contributed by atoms with E-state index in [4.69, 9.17) is 4.74 Å². The van der Waals surface area contributed by atoms with Crippen molar-refractivity contribution in [3.63, 3.8) is 0 Å². The molecule has 1 saturated heterocycles. The molecule has 0 unspecified atom stereocenters. The largest absolute Gasteiger partial charge is 0.385 e. The summed E-state index contributed by atoms with van der Waals surface area (Å²) < 4.78 is 5.08. The summed E-state index contributed by atoms with van der Waals surface area (Å²) in [6.45, 7) is 6.50. The van der Waals surface area contributed by atoms with Gasteiger partial charge in [0.2, 0.25) is 0 Å². The molecule has 3 nitrogen and oxygen atoms in total. The Morgan fingerprint density at radius 3 is 2.44 bits per heavy atom. The first-order chi connectivity index (χ1) is 8.88. The number of nitrogens with zero attached hydrogens (tertiary/aromatic N) is 1. The van der Waals surface area contributed by atoms with Crippen LogP contribution in [0.5, 0.6) is 0 Å². The molecular weight excluding hydrogens is 224 g/mol. The number of methoxy groups -OCH3 is 1. The summed E-state index contributed by atoms with van der Waals surface area (Å²) in [7, 11) is 1.76. The predicted octanol–water partition coefficient (Wildman–Crippen LogP) is 1.67. The summed E-state index contributed by atoms with van der Waals surface area (Å²) in [5.74, 6) is 0. The van der Waals surface area contributed by atoms with Crippen molar-refractivity contribution < 1.29 is 4.74 Å². The van der Waals surface area contributed by atoms with Crippen molar-refractivity contribution in [2.75, 3.05) is 39.9 Å².